The Hall–Kier alpha value is -6.74. The number of aromatic nitrogens is 5. The summed E-state index contributed by atoms with van der Waals surface area (Å²) in [6, 6.07) is 34.9. The van der Waals surface area contributed by atoms with Gasteiger partial charge in [0.05, 0.1) is 13.8 Å². The molecule has 0 spiro atoms. The molecule has 226 valence electrons. The smallest absolute Gasteiger partial charge is 0.234 e. The van der Waals surface area contributed by atoms with E-state index in [0.29, 0.717) is 64.3 Å². The Morgan fingerprint density at radius 1 is 0.426 bits per heavy atom. The molecule has 0 saturated carbocycles. The van der Waals surface area contributed by atoms with Crippen molar-refractivity contribution < 1.29 is 21.7 Å². The van der Waals surface area contributed by atoms with Crippen LogP contribution in [0.25, 0.3) is 27.8 Å². The lowest BCUT2D eigenvalue weighted by Crippen LogP contribution is -2.00. The number of benzene rings is 4. The van der Waals surface area contributed by atoms with Gasteiger partial charge in [0.25, 0.3) is 0 Å². The zero-order valence-electron chi connectivity index (χ0n) is 26.6. The maximum Gasteiger partial charge on any atom is 0.234 e. The molecular weight excluding hydrogens is 590 g/mol. The van der Waals surface area contributed by atoms with Crippen molar-refractivity contribution in [1.82, 2.24) is 24.5 Å². The first-order valence-corrected chi connectivity index (χ1v) is 14.7. The van der Waals surface area contributed by atoms with Gasteiger partial charge in [0.2, 0.25) is 17.7 Å². The van der Waals surface area contributed by atoms with E-state index in [1.807, 2.05) is 65.2 Å². The van der Waals surface area contributed by atoms with Crippen LogP contribution in [0.4, 0.5) is 0 Å². The molecule has 8 rings (SSSR count). The summed E-state index contributed by atoms with van der Waals surface area (Å²) in [6.45, 7) is 0. The van der Waals surface area contributed by atoms with Gasteiger partial charge in [-0.2, -0.15) is 0 Å². The molecule has 0 fully saturated rings. The minimum absolute atomic E-state index is 0.312. The van der Waals surface area contributed by atoms with Crippen molar-refractivity contribution in [2.75, 3.05) is 0 Å². The molecule has 4 heterocycles. The number of ether oxygens (including phenoxy) is 4. The third-order valence-corrected chi connectivity index (χ3v) is 7.15. The zero-order chi connectivity index (χ0) is 33.2. The maximum atomic E-state index is 7.81. The third kappa shape index (κ3) is 6.01. The van der Waals surface area contributed by atoms with E-state index in [2.05, 4.69) is 19.9 Å². The lowest BCUT2D eigenvalue weighted by Gasteiger charge is -2.10. The Kier molecular flexibility index (Phi) is 6.71. The average molecular weight is 618 g/mol. The van der Waals surface area contributed by atoms with E-state index >= 15 is 0 Å². The van der Waals surface area contributed by atoms with Crippen LogP contribution in [0.1, 0.15) is 2.74 Å². The largest absolute Gasteiger partial charge is 0.457 e. The second kappa shape index (κ2) is 12.3. The Balaban J connectivity index is 1.12. The van der Waals surface area contributed by atoms with Gasteiger partial charge in [-0.1, -0.05) is 24.2 Å². The van der Waals surface area contributed by atoms with Gasteiger partial charge < -0.3 is 18.9 Å². The summed E-state index contributed by atoms with van der Waals surface area (Å²) >= 11 is 0. The van der Waals surface area contributed by atoms with Gasteiger partial charge in [-0.25, -0.2) is 19.9 Å². The molecule has 0 unspecified atom stereocenters. The van der Waals surface area contributed by atoms with Crippen molar-refractivity contribution in [3.8, 4) is 52.2 Å². The highest BCUT2D eigenvalue weighted by Gasteiger charge is 2.16. The minimum atomic E-state index is 0.312. The number of nitrogens with zero attached hydrogens (tertiary/aromatic N) is 5. The second-order valence-corrected chi connectivity index (χ2v) is 10.3. The lowest BCUT2D eigenvalue weighted by atomic mass is 10.1. The van der Waals surface area contributed by atoms with Crippen LogP contribution in [0.3, 0.4) is 0 Å². The molecule has 8 aromatic rings. The van der Waals surface area contributed by atoms with Gasteiger partial charge >= 0.3 is 0 Å². The van der Waals surface area contributed by atoms with E-state index in [0.717, 1.165) is 21.8 Å². The SMILES string of the molecule is [2H]c1ccnc(Oc2cccc(Oc3ccc4c5ccc(Oc6cccc(Oc7cc([2H])ccn7)c6)cc5n(-c5ncccn5)c4c3)c2)c1. The molecule has 9 heteroatoms. The number of pyridine rings is 2. The summed E-state index contributed by atoms with van der Waals surface area (Å²) in [6.07, 6.45) is 6.47. The van der Waals surface area contributed by atoms with Crippen molar-refractivity contribution >= 4 is 21.8 Å². The Bertz CT molecular complexity index is 2310. The van der Waals surface area contributed by atoms with Crippen LogP contribution in [0.2, 0.25) is 0 Å². The molecule has 0 N–H and O–H groups in total. The van der Waals surface area contributed by atoms with E-state index < -0.39 is 0 Å². The van der Waals surface area contributed by atoms with Crippen molar-refractivity contribution in [3.63, 3.8) is 0 Å². The first-order chi connectivity index (χ1) is 24.0. The van der Waals surface area contributed by atoms with E-state index in [4.69, 9.17) is 21.7 Å². The summed E-state index contributed by atoms with van der Waals surface area (Å²) < 4.78 is 41.9. The van der Waals surface area contributed by atoms with E-state index in [9.17, 15) is 0 Å². The van der Waals surface area contributed by atoms with E-state index in [1.165, 1.54) is 12.4 Å². The van der Waals surface area contributed by atoms with Crippen molar-refractivity contribution in [2.45, 2.75) is 0 Å². The van der Waals surface area contributed by atoms with Gasteiger partial charge in [-0.3, -0.25) is 4.57 Å². The number of hydrogen-bond acceptors (Lipinski definition) is 8. The van der Waals surface area contributed by atoms with E-state index in [-0.39, 0.29) is 0 Å². The molecule has 0 bridgehead atoms. The summed E-state index contributed by atoms with van der Waals surface area (Å²) in [5, 5.41) is 1.97. The van der Waals surface area contributed by atoms with Crippen molar-refractivity contribution in [3.05, 3.63) is 152 Å². The molecule has 0 amide bonds. The summed E-state index contributed by atoms with van der Waals surface area (Å²) in [4.78, 5) is 17.5. The van der Waals surface area contributed by atoms with Crippen LogP contribution in [0, 0.1) is 0 Å². The fourth-order valence-corrected chi connectivity index (χ4v) is 5.18. The van der Waals surface area contributed by atoms with Crippen LogP contribution >= 0.6 is 0 Å². The Morgan fingerprint density at radius 3 is 1.36 bits per heavy atom. The summed E-state index contributed by atoms with van der Waals surface area (Å²) in [5.74, 6) is 4.58. The van der Waals surface area contributed by atoms with Gasteiger partial charge in [0.15, 0.2) is 0 Å². The topological polar surface area (TPSA) is 93.4 Å². The fourth-order valence-electron chi connectivity index (χ4n) is 5.18. The molecule has 0 atom stereocenters. The minimum Gasteiger partial charge on any atom is -0.457 e. The lowest BCUT2D eigenvalue weighted by molar-refractivity contribution is 0.448. The van der Waals surface area contributed by atoms with Gasteiger partial charge in [0, 0.05) is 72.0 Å². The number of fused-ring (bicyclic) bond motifs is 3. The monoisotopic (exact) mass is 617 g/mol. The van der Waals surface area contributed by atoms with E-state index in [1.54, 1.807) is 67.0 Å². The van der Waals surface area contributed by atoms with Crippen molar-refractivity contribution in [1.29, 1.82) is 0 Å². The quantitative estimate of drug-likeness (QED) is 0.158. The molecule has 0 saturated heterocycles. The molecule has 9 nitrogen and oxygen atoms in total. The number of rotatable bonds is 9. The molecule has 0 radical (unpaired) electrons. The highest BCUT2D eigenvalue weighted by atomic mass is 16.5. The molecule has 0 aliphatic carbocycles. The Morgan fingerprint density at radius 2 is 0.872 bits per heavy atom. The predicted octanol–water partition coefficient (Wildman–Crippen LogP) is 9.53. The van der Waals surface area contributed by atoms with Crippen LogP contribution in [0.15, 0.2) is 152 Å². The molecule has 0 aliphatic heterocycles. The van der Waals surface area contributed by atoms with Gasteiger partial charge in [0.1, 0.15) is 34.5 Å². The number of hydrogen-bond donors (Lipinski definition) is 0. The molecular formula is C38H25N5O4. The fraction of sp³-hybridized carbons (Fsp3) is 0. The van der Waals surface area contributed by atoms with Gasteiger partial charge in [-0.05, 0) is 66.7 Å². The molecule has 4 aromatic carbocycles. The highest BCUT2D eigenvalue weighted by Crippen LogP contribution is 2.38. The van der Waals surface area contributed by atoms with Crippen molar-refractivity contribution in [2.24, 2.45) is 0 Å². The maximum absolute atomic E-state index is 7.81. The molecule has 0 aliphatic rings. The molecule has 47 heavy (non-hydrogen) atoms. The van der Waals surface area contributed by atoms with Crippen LogP contribution in [-0.4, -0.2) is 24.5 Å². The highest BCUT2D eigenvalue weighted by molar-refractivity contribution is 6.09. The predicted molar refractivity (Wildman–Crippen MR) is 178 cm³/mol. The standard InChI is InChI=1S/C38H25N5O4/c1-3-18-39-36(12-1)46-28-10-5-8-26(22-28)44-30-14-16-32-33-17-15-31(25-35(33)43(34(32)24-30)38-41-20-7-21-42-38)45-27-9-6-11-29(23-27)47-37-13-2-4-19-40-37/h1-25H/i1D,2D. The first kappa shape index (κ1) is 25.6. The second-order valence-electron chi connectivity index (χ2n) is 10.3. The Labute approximate surface area is 272 Å². The third-order valence-electron chi connectivity index (χ3n) is 7.15. The molecule has 4 aromatic heterocycles. The van der Waals surface area contributed by atoms with Crippen LogP contribution < -0.4 is 18.9 Å². The van der Waals surface area contributed by atoms with Crippen LogP contribution in [0.5, 0.6) is 46.3 Å². The average Bonchev–Trinajstić information content (AvgIpc) is 3.42. The van der Waals surface area contributed by atoms with Crippen LogP contribution in [-0.2, 0) is 0 Å². The summed E-state index contributed by atoms with van der Waals surface area (Å²) in [7, 11) is 0. The summed E-state index contributed by atoms with van der Waals surface area (Å²) in [5.41, 5.74) is 1.69. The van der Waals surface area contributed by atoms with Gasteiger partial charge in [-0.15, -0.1) is 0 Å². The zero-order valence-corrected chi connectivity index (χ0v) is 24.6. The first-order valence-electron chi connectivity index (χ1n) is 15.7. The normalized spacial score (nSPS) is 11.6.